The molecule has 0 aliphatic heterocycles. The third-order valence-electron chi connectivity index (χ3n) is 12.2. The number of para-hydroxylation sites is 2. The van der Waals surface area contributed by atoms with Gasteiger partial charge in [-0.15, -0.1) is 11.3 Å². The van der Waals surface area contributed by atoms with Crippen molar-refractivity contribution in [1.82, 2.24) is 4.57 Å². The van der Waals surface area contributed by atoms with Crippen LogP contribution in [0.1, 0.15) is 0 Å². The molecule has 2 aromatic heterocycles. The number of fused-ring (bicyclic) bond motifs is 7. The van der Waals surface area contributed by atoms with E-state index in [1.807, 2.05) is 11.3 Å². The standard InChI is InChI=1S/C58H38N2S/c1-2-12-49-42(10-1)11-9-16-50(49)43-22-20-39(21-23-43)40-24-29-45(30-25-40)59(46-31-26-41(27-32-46)44-28-37-58-54(38-44)53-15-5-8-19-57(53)61-58)47-33-35-48(36-34-47)60-55-17-6-3-13-51(55)52-14-4-7-18-56(52)60/h1-38H. The van der Waals surface area contributed by atoms with Crippen molar-refractivity contribution < 1.29 is 0 Å². The van der Waals surface area contributed by atoms with Crippen LogP contribution in [-0.4, -0.2) is 4.57 Å². The van der Waals surface area contributed by atoms with Crippen molar-refractivity contribution in [2.45, 2.75) is 0 Å². The van der Waals surface area contributed by atoms with Gasteiger partial charge in [0, 0.05) is 53.7 Å². The molecule has 0 aliphatic rings. The predicted molar refractivity (Wildman–Crippen MR) is 262 cm³/mol. The number of rotatable bonds is 7. The van der Waals surface area contributed by atoms with Crippen LogP contribution in [0.4, 0.5) is 17.1 Å². The molecule has 0 N–H and O–H groups in total. The maximum Gasteiger partial charge on any atom is 0.0541 e. The van der Waals surface area contributed by atoms with Crippen LogP contribution in [0.15, 0.2) is 231 Å². The summed E-state index contributed by atoms with van der Waals surface area (Å²) >= 11 is 1.86. The van der Waals surface area contributed by atoms with Crippen molar-refractivity contribution in [1.29, 1.82) is 0 Å². The Labute approximate surface area is 358 Å². The van der Waals surface area contributed by atoms with Crippen LogP contribution in [0, 0.1) is 0 Å². The van der Waals surface area contributed by atoms with Crippen LogP contribution in [0.5, 0.6) is 0 Å². The highest BCUT2D eigenvalue weighted by molar-refractivity contribution is 7.25. The molecule has 0 bridgehead atoms. The summed E-state index contributed by atoms with van der Waals surface area (Å²) in [7, 11) is 0. The second-order valence-electron chi connectivity index (χ2n) is 15.7. The van der Waals surface area contributed by atoms with Crippen molar-refractivity contribution in [2.75, 3.05) is 4.90 Å². The molecule has 12 aromatic rings. The Kier molecular flexibility index (Phi) is 8.39. The first kappa shape index (κ1) is 35.2. The van der Waals surface area contributed by atoms with Crippen LogP contribution in [0.2, 0.25) is 0 Å². The Balaban J connectivity index is 0.914. The normalized spacial score (nSPS) is 11.6. The van der Waals surface area contributed by atoms with Gasteiger partial charge in [0.1, 0.15) is 0 Å². The number of aromatic nitrogens is 1. The predicted octanol–water partition coefficient (Wildman–Crippen LogP) is 16.8. The molecule has 2 heterocycles. The van der Waals surface area contributed by atoms with E-state index in [0.29, 0.717) is 0 Å². The van der Waals surface area contributed by atoms with E-state index in [1.165, 1.54) is 86.1 Å². The number of anilines is 3. The summed E-state index contributed by atoms with van der Waals surface area (Å²) in [5.41, 5.74) is 14.1. The fourth-order valence-corrected chi connectivity index (χ4v) is 10.3. The second-order valence-corrected chi connectivity index (χ2v) is 16.8. The zero-order chi connectivity index (χ0) is 40.3. The highest BCUT2D eigenvalue weighted by Gasteiger charge is 2.17. The number of nitrogens with zero attached hydrogens (tertiary/aromatic N) is 2. The maximum atomic E-state index is 2.38. The molecule has 0 spiro atoms. The van der Waals surface area contributed by atoms with Crippen LogP contribution < -0.4 is 4.90 Å². The van der Waals surface area contributed by atoms with Gasteiger partial charge >= 0.3 is 0 Å². The maximum absolute atomic E-state index is 2.38. The van der Waals surface area contributed by atoms with E-state index < -0.39 is 0 Å². The summed E-state index contributed by atoms with van der Waals surface area (Å²) in [5.74, 6) is 0. The first-order valence-corrected chi connectivity index (χ1v) is 21.6. The molecule has 0 fully saturated rings. The molecule has 61 heavy (non-hydrogen) atoms. The molecule has 2 nitrogen and oxygen atoms in total. The Morgan fingerprint density at radius 1 is 0.311 bits per heavy atom. The van der Waals surface area contributed by atoms with Crippen LogP contribution in [0.3, 0.4) is 0 Å². The zero-order valence-electron chi connectivity index (χ0n) is 33.2. The van der Waals surface area contributed by atoms with Gasteiger partial charge in [-0.05, 0) is 123 Å². The molecular weight excluding hydrogens is 757 g/mol. The average Bonchev–Trinajstić information content (AvgIpc) is 3.88. The molecule has 3 heteroatoms. The van der Waals surface area contributed by atoms with Crippen molar-refractivity contribution in [3.63, 3.8) is 0 Å². The SMILES string of the molecule is c1ccc2c(-c3ccc(-c4ccc(N(c5ccc(-c6ccc7sc8ccccc8c7c6)cc5)c5ccc(-n6c7ccccc7c7ccccc76)cc5)cc4)cc3)cccc2c1. The smallest absolute Gasteiger partial charge is 0.0541 e. The van der Waals surface area contributed by atoms with E-state index in [9.17, 15) is 0 Å². The fourth-order valence-electron chi connectivity index (χ4n) is 9.23. The van der Waals surface area contributed by atoms with E-state index in [-0.39, 0.29) is 0 Å². The van der Waals surface area contributed by atoms with Gasteiger partial charge in [0.15, 0.2) is 0 Å². The summed E-state index contributed by atoms with van der Waals surface area (Å²) in [4.78, 5) is 2.36. The minimum atomic E-state index is 1.09. The minimum Gasteiger partial charge on any atom is -0.311 e. The molecule has 0 aliphatic carbocycles. The summed E-state index contributed by atoms with van der Waals surface area (Å²) in [6.45, 7) is 0. The number of benzene rings is 10. The van der Waals surface area contributed by atoms with Crippen molar-refractivity contribution in [3.05, 3.63) is 231 Å². The van der Waals surface area contributed by atoms with E-state index in [2.05, 4.69) is 240 Å². The van der Waals surface area contributed by atoms with Gasteiger partial charge < -0.3 is 9.47 Å². The van der Waals surface area contributed by atoms with Crippen LogP contribution in [-0.2, 0) is 0 Å². The summed E-state index contributed by atoms with van der Waals surface area (Å²) in [6, 6.07) is 84.1. The molecule has 0 amide bonds. The number of thiophene rings is 1. The van der Waals surface area contributed by atoms with E-state index in [0.717, 1.165) is 22.7 Å². The topological polar surface area (TPSA) is 8.17 Å². The lowest BCUT2D eigenvalue weighted by molar-refractivity contribution is 1.17. The van der Waals surface area contributed by atoms with Gasteiger partial charge in [0.05, 0.1) is 11.0 Å². The van der Waals surface area contributed by atoms with Crippen LogP contribution >= 0.6 is 11.3 Å². The number of hydrogen-bond donors (Lipinski definition) is 0. The highest BCUT2D eigenvalue weighted by atomic mass is 32.1. The summed E-state index contributed by atoms with van der Waals surface area (Å²) in [5, 5.41) is 7.69. The third-order valence-corrected chi connectivity index (χ3v) is 13.4. The molecule has 0 saturated carbocycles. The Morgan fingerprint density at radius 3 is 1.43 bits per heavy atom. The molecule has 0 unspecified atom stereocenters. The monoisotopic (exact) mass is 794 g/mol. The molecular formula is C58H38N2S. The number of hydrogen-bond acceptors (Lipinski definition) is 2. The molecule has 0 radical (unpaired) electrons. The van der Waals surface area contributed by atoms with Gasteiger partial charge in [-0.1, -0.05) is 152 Å². The lowest BCUT2D eigenvalue weighted by Crippen LogP contribution is -2.10. The Bertz CT molecular complexity index is 3500. The Hall–Kier alpha value is -7.72. The van der Waals surface area contributed by atoms with Crippen molar-refractivity contribution >= 4 is 81.1 Å². The first-order chi connectivity index (χ1) is 30.2. The van der Waals surface area contributed by atoms with Crippen molar-refractivity contribution in [2.24, 2.45) is 0 Å². The summed E-state index contributed by atoms with van der Waals surface area (Å²) < 4.78 is 5.02. The van der Waals surface area contributed by atoms with Crippen molar-refractivity contribution in [3.8, 4) is 39.1 Å². The average molecular weight is 795 g/mol. The molecule has 286 valence electrons. The summed E-state index contributed by atoms with van der Waals surface area (Å²) in [6.07, 6.45) is 0. The third kappa shape index (κ3) is 6.09. The zero-order valence-corrected chi connectivity index (χ0v) is 34.1. The first-order valence-electron chi connectivity index (χ1n) is 20.8. The molecule has 0 atom stereocenters. The van der Waals surface area contributed by atoms with Gasteiger partial charge in [-0.25, -0.2) is 0 Å². The van der Waals surface area contributed by atoms with E-state index in [1.54, 1.807) is 0 Å². The Morgan fingerprint density at radius 2 is 0.770 bits per heavy atom. The largest absolute Gasteiger partial charge is 0.311 e. The minimum absolute atomic E-state index is 1.09. The second kappa shape index (κ2) is 14.5. The molecule has 12 rings (SSSR count). The van der Waals surface area contributed by atoms with Gasteiger partial charge in [-0.2, -0.15) is 0 Å². The quantitative estimate of drug-likeness (QED) is 0.156. The molecule has 10 aromatic carbocycles. The highest BCUT2D eigenvalue weighted by Crippen LogP contribution is 2.41. The molecule has 0 saturated heterocycles. The lowest BCUT2D eigenvalue weighted by atomic mass is 9.96. The van der Waals surface area contributed by atoms with E-state index >= 15 is 0 Å². The van der Waals surface area contributed by atoms with E-state index in [4.69, 9.17) is 0 Å². The van der Waals surface area contributed by atoms with Gasteiger partial charge in [-0.3, -0.25) is 0 Å². The van der Waals surface area contributed by atoms with Gasteiger partial charge in [0.25, 0.3) is 0 Å². The van der Waals surface area contributed by atoms with Crippen LogP contribution in [0.25, 0.3) is 91.8 Å². The fraction of sp³-hybridized carbons (Fsp3) is 0. The lowest BCUT2D eigenvalue weighted by Gasteiger charge is -2.26. The van der Waals surface area contributed by atoms with Gasteiger partial charge in [0.2, 0.25) is 0 Å².